The molecule has 1 aromatic heterocycles. The van der Waals surface area contributed by atoms with E-state index in [0.717, 1.165) is 0 Å². The van der Waals surface area contributed by atoms with Crippen LogP contribution in [0.25, 0.3) is 0 Å². The number of nitro groups is 1. The summed E-state index contributed by atoms with van der Waals surface area (Å²) < 4.78 is 5.36. The molecule has 0 bridgehead atoms. The second kappa shape index (κ2) is 5.79. The highest BCUT2D eigenvalue weighted by molar-refractivity contribution is 5.39. The molecule has 1 aromatic carbocycles. The van der Waals surface area contributed by atoms with Gasteiger partial charge in [0.1, 0.15) is 11.8 Å². The highest BCUT2D eigenvalue weighted by Gasteiger charge is 2.12. The lowest BCUT2D eigenvalue weighted by atomic mass is 10.3. The summed E-state index contributed by atoms with van der Waals surface area (Å²) in [5, 5.41) is 19.6. The van der Waals surface area contributed by atoms with Crippen LogP contribution in [0.5, 0.6) is 11.8 Å². The van der Waals surface area contributed by atoms with Gasteiger partial charge in [-0.1, -0.05) is 6.07 Å². The zero-order valence-electron chi connectivity index (χ0n) is 11.2. The molecule has 0 fully saturated rings. The van der Waals surface area contributed by atoms with Crippen LogP contribution in [-0.4, -0.2) is 34.0 Å². The van der Waals surface area contributed by atoms with Crippen molar-refractivity contribution in [1.29, 1.82) is 5.26 Å². The van der Waals surface area contributed by atoms with Crippen LogP contribution in [0, 0.1) is 21.4 Å². The molecule has 0 aliphatic rings. The Morgan fingerprint density at radius 3 is 2.71 bits per heavy atom. The fourth-order valence-electron chi connectivity index (χ4n) is 1.41. The Balaban J connectivity index is 2.35. The number of ether oxygens (including phenoxy) is 1. The molecule has 0 aliphatic carbocycles. The number of hydrogen-bond acceptors (Lipinski definition) is 8. The van der Waals surface area contributed by atoms with Gasteiger partial charge in [-0.2, -0.15) is 20.2 Å². The molecule has 0 unspecified atom stereocenters. The second-order valence-electron chi connectivity index (χ2n) is 4.10. The first kappa shape index (κ1) is 14.1. The molecule has 0 amide bonds. The van der Waals surface area contributed by atoms with Crippen molar-refractivity contribution in [2.75, 3.05) is 19.0 Å². The van der Waals surface area contributed by atoms with Gasteiger partial charge in [-0.05, 0) is 6.07 Å². The number of anilines is 1. The molecule has 0 radical (unpaired) electrons. The van der Waals surface area contributed by atoms with Crippen molar-refractivity contribution in [3.05, 3.63) is 40.2 Å². The Bertz CT molecular complexity index is 725. The average molecular weight is 286 g/mol. The SMILES string of the molecule is CN(C)c1nc(C#N)nc(Oc2cccc([N+](=O)[O-])c2)n1. The standard InChI is InChI=1S/C12H10N6O3/c1-17(2)11-14-10(7-13)15-12(16-11)21-9-5-3-4-8(6-9)18(19)20/h3-6H,1-2H3. The fourth-order valence-corrected chi connectivity index (χ4v) is 1.41. The van der Waals surface area contributed by atoms with Gasteiger partial charge in [-0.15, -0.1) is 0 Å². The lowest BCUT2D eigenvalue weighted by Crippen LogP contribution is -2.14. The highest BCUT2D eigenvalue weighted by Crippen LogP contribution is 2.23. The molecule has 0 aliphatic heterocycles. The number of benzene rings is 1. The molecule has 9 heteroatoms. The van der Waals surface area contributed by atoms with Crippen molar-refractivity contribution in [3.63, 3.8) is 0 Å². The average Bonchev–Trinajstić information content (AvgIpc) is 2.47. The third kappa shape index (κ3) is 3.38. The van der Waals surface area contributed by atoms with Gasteiger partial charge in [0.2, 0.25) is 11.8 Å². The van der Waals surface area contributed by atoms with Crippen LogP contribution in [-0.2, 0) is 0 Å². The summed E-state index contributed by atoms with van der Waals surface area (Å²) in [5.41, 5.74) is -0.116. The zero-order valence-corrected chi connectivity index (χ0v) is 11.2. The Morgan fingerprint density at radius 2 is 2.10 bits per heavy atom. The Labute approximate surface area is 119 Å². The maximum absolute atomic E-state index is 10.7. The van der Waals surface area contributed by atoms with Crippen molar-refractivity contribution in [2.45, 2.75) is 0 Å². The quantitative estimate of drug-likeness (QED) is 0.613. The van der Waals surface area contributed by atoms with E-state index in [2.05, 4.69) is 15.0 Å². The smallest absolute Gasteiger partial charge is 0.328 e. The second-order valence-corrected chi connectivity index (χ2v) is 4.10. The monoisotopic (exact) mass is 286 g/mol. The molecule has 106 valence electrons. The van der Waals surface area contributed by atoms with Crippen molar-refractivity contribution in [1.82, 2.24) is 15.0 Å². The molecule has 1 heterocycles. The van der Waals surface area contributed by atoms with Crippen LogP contribution in [0.3, 0.4) is 0 Å². The van der Waals surface area contributed by atoms with Gasteiger partial charge < -0.3 is 9.64 Å². The summed E-state index contributed by atoms with van der Waals surface area (Å²) >= 11 is 0. The first-order valence-electron chi connectivity index (χ1n) is 5.75. The maximum Gasteiger partial charge on any atom is 0.328 e. The first-order valence-corrected chi connectivity index (χ1v) is 5.75. The van der Waals surface area contributed by atoms with Gasteiger partial charge in [0.25, 0.3) is 5.69 Å². The van der Waals surface area contributed by atoms with Crippen molar-refractivity contribution in [2.24, 2.45) is 0 Å². The van der Waals surface area contributed by atoms with E-state index in [1.807, 2.05) is 0 Å². The van der Waals surface area contributed by atoms with Crippen LogP contribution in [0.1, 0.15) is 5.82 Å². The van der Waals surface area contributed by atoms with E-state index in [-0.39, 0.29) is 29.2 Å². The minimum Gasteiger partial charge on any atom is -0.424 e. The van der Waals surface area contributed by atoms with E-state index in [0.29, 0.717) is 0 Å². The molecule has 0 atom stereocenters. The molecule has 0 saturated heterocycles. The van der Waals surface area contributed by atoms with Crippen molar-refractivity contribution >= 4 is 11.6 Å². The molecular formula is C12H10N6O3. The van der Waals surface area contributed by atoms with E-state index in [1.165, 1.54) is 24.3 Å². The normalized spacial score (nSPS) is 9.76. The number of hydrogen-bond donors (Lipinski definition) is 0. The van der Waals surface area contributed by atoms with E-state index in [1.54, 1.807) is 25.1 Å². The molecule has 0 saturated carbocycles. The van der Waals surface area contributed by atoms with Gasteiger partial charge in [0.05, 0.1) is 11.0 Å². The van der Waals surface area contributed by atoms with E-state index < -0.39 is 4.92 Å². The highest BCUT2D eigenvalue weighted by atomic mass is 16.6. The van der Waals surface area contributed by atoms with E-state index >= 15 is 0 Å². The predicted molar refractivity (Wildman–Crippen MR) is 72.0 cm³/mol. The Morgan fingerprint density at radius 1 is 1.33 bits per heavy atom. The summed E-state index contributed by atoms with van der Waals surface area (Å²) in [6.45, 7) is 0. The third-order valence-corrected chi connectivity index (χ3v) is 2.34. The summed E-state index contributed by atoms with van der Waals surface area (Å²) in [5.74, 6) is 0.347. The number of rotatable bonds is 4. The zero-order chi connectivity index (χ0) is 15.4. The largest absolute Gasteiger partial charge is 0.424 e. The van der Waals surface area contributed by atoms with Crippen LogP contribution in [0.15, 0.2) is 24.3 Å². The molecular weight excluding hydrogens is 276 g/mol. The van der Waals surface area contributed by atoms with Gasteiger partial charge in [0, 0.05) is 20.2 Å². The number of nitrogens with zero attached hydrogens (tertiary/aromatic N) is 6. The molecule has 9 nitrogen and oxygen atoms in total. The predicted octanol–water partition coefficient (Wildman–Crippen LogP) is 1.51. The summed E-state index contributed by atoms with van der Waals surface area (Å²) in [7, 11) is 3.40. The number of nitro benzene ring substituents is 1. The minimum atomic E-state index is -0.535. The van der Waals surface area contributed by atoms with Gasteiger partial charge >= 0.3 is 6.01 Å². The molecule has 21 heavy (non-hydrogen) atoms. The van der Waals surface area contributed by atoms with Crippen LogP contribution < -0.4 is 9.64 Å². The van der Waals surface area contributed by atoms with Crippen LogP contribution >= 0.6 is 0 Å². The number of non-ortho nitro benzene ring substituents is 1. The summed E-state index contributed by atoms with van der Waals surface area (Å²) in [6, 6.07) is 7.28. The minimum absolute atomic E-state index is 0.103. The summed E-state index contributed by atoms with van der Waals surface area (Å²) in [4.78, 5) is 23.5. The third-order valence-electron chi connectivity index (χ3n) is 2.34. The van der Waals surface area contributed by atoms with Gasteiger partial charge in [-0.25, -0.2) is 0 Å². The van der Waals surface area contributed by atoms with Gasteiger partial charge in [-0.3, -0.25) is 10.1 Å². The van der Waals surface area contributed by atoms with E-state index in [4.69, 9.17) is 10.00 Å². The molecule has 0 N–H and O–H groups in total. The lowest BCUT2D eigenvalue weighted by molar-refractivity contribution is -0.384. The fraction of sp³-hybridized carbons (Fsp3) is 0.167. The van der Waals surface area contributed by atoms with Gasteiger partial charge in [0.15, 0.2) is 0 Å². The lowest BCUT2D eigenvalue weighted by Gasteiger charge is -2.11. The first-order chi connectivity index (χ1) is 9.99. The molecule has 2 aromatic rings. The van der Waals surface area contributed by atoms with Crippen LogP contribution in [0.2, 0.25) is 0 Å². The van der Waals surface area contributed by atoms with Crippen molar-refractivity contribution < 1.29 is 9.66 Å². The Hall–Kier alpha value is -3.28. The van der Waals surface area contributed by atoms with E-state index in [9.17, 15) is 10.1 Å². The van der Waals surface area contributed by atoms with Crippen molar-refractivity contribution in [3.8, 4) is 17.8 Å². The maximum atomic E-state index is 10.7. The number of aromatic nitrogens is 3. The topological polar surface area (TPSA) is 118 Å². The molecule has 0 spiro atoms. The Kier molecular flexibility index (Phi) is 3.90. The number of nitriles is 1. The van der Waals surface area contributed by atoms with Crippen LogP contribution in [0.4, 0.5) is 11.6 Å². The summed E-state index contributed by atoms with van der Waals surface area (Å²) in [6.07, 6.45) is 0. The molecule has 2 rings (SSSR count).